The summed E-state index contributed by atoms with van der Waals surface area (Å²) in [6.45, 7) is 3.70. The SMILES string of the molecule is Cc1cccn2c(CC(=O)N3CCC[C@](O)(CN(C)C)C3)cnc12. The fraction of sp³-hybridized carbons (Fsp3) is 0.556. The highest BCUT2D eigenvalue weighted by molar-refractivity contribution is 5.79. The molecule has 24 heavy (non-hydrogen) atoms. The molecule has 0 aromatic carbocycles. The average Bonchev–Trinajstić information content (AvgIpc) is 2.90. The van der Waals surface area contributed by atoms with Crippen LogP contribution < -0.4 is 0 Å². The van der Waals surface area contributed by atoms with E-state index >= 15 is 0 Å². The number of likely N-dealkylation sites (N-methyl/N-ethyl adjacent to an activating group) is 1. The van der Waals surface area contributed by atoms with E-state index < -0.39 is 5.60 Å². The lowest BCUT2D eigenvalue weighted by Gasteiger charge is -2.40. The van der Waals surface area contributed by atoms with Crippen LogP contribution in [0.3, 0.4) is 0 Å². The molecule has 1 N–H and O–H groups in total. The van der Waals surface area contributed by atoms with Crippen molar-refractivity contribution in [2.24, 2.45) is 0 Å². The van der Waals surface area contributed by atoms with Crippen molar-refractivity contribution >= 4 is 11.6 Å². The molecule has 1 atom stereocenters. The van der Waals surface area contributed by atoms with Crippen LogP contribution in [0.25, 0.3) is 5.65 Å². The molecule has 0 unspecified atom stereocenters. The third-order valence-electron chi connectivity index (χ3n) is 4.66. The first kappa shape index (κ1) is 16.9. The molecule has 1 aliphatic heterocycles. The number of likely N-dealkylation sites (tertiary alicyclic amines) is 1. The van der Waals surface area contributed by atoms with E-state index in [-0.39, 0.29) is 5.91 Å². The molecule has 1 fully saturated rings. The van der Waals surface area contributed by atoms with Gasteiger partial charge in [-0.15, -0.1) is 0 Å². The van der Waals surface area contributed by atoms with E-state index in [9.17, 15) is 9.90 Å². The summed E-state index contributed by atoms with van der Waals surface area (Å²) in [5, 5.41) is 10.7. The molecule has 2 aromatic rings. The first-order valence-corrected chi connectivity index (χ1v) is 8.44. The molecule has 1 amide bonds. The summed E-state index contributed by atoms with van der Waals surface area (Å²) in [5.74, 6) is 0.0511. The first-order valence-electron chi connectivity index (χ1n) is 8.44. The van der Waals surface area contributed by atoms with Crippen molar-refractivity contribution < 1.29 is 9.90 Å². The van der Waals surface area contributed by atoms with Gasteiger partial charge in [-0.2, -0.15) is 0 Å². The van der Waals surface area contributed by atoms with Crippen molar-refractivity contribution in [1.29, 1.82) is 0 Å². The molecular weight excluding hydrogens is 304 g/mol. The van der Waals surface area contributed by atoms with Crippen molar-refractivity contribution in [2.45, 2.75) is 31.8 Å². The molecule has 0 radical (unpaired) electrons. The van der Waals surface area contributed by atoms with Gasteiger partial charge in [0.1, 0.15) is 5.65 Å². The number of β-amino-alcohol motifs (C(OH)–C–C–N with tert-alkyl or cyclic N) is 1. The Hall–Kier alpha value is -1.92. The molecule has 130 valence electrons. The summed E-state index contributed by atoms with van der Waals surface area (Å²) in [6, 6.07) is 3.98. The van der Waals surface area contributed by atoms with Crippen LogP contribution in [0.15, 0.2) is 24.5 Å². The second-order valence-electron chi connectivity index (χ2n) is 7.19. The zero-order valence-corrected chi connectivity index (χ0v) is 14.7. The third kappa shape index (κ3) is 3.44. The Morgan fingerprint density at radius 3 is 3.00 bits per heavy atom. The van der Waals surface area contributed by atoms with Crippen molar-refractivity contribution in [3.63, 3.8) is 0 Å². The molecule has 0 bridgehead atoms. The predicted molar refractivity (Wildman–Crippen MR) is 93.0 cm³/mol. The third-order valence-corrected chi connectivity index (χ3v) is 4.66. The van der Waals surface area contributed by atoms with Crippen molar-refractivity contribution in [3.05, 3.63) is 35.8 Å². The number of aryl methyl sites for hydroxylation is 1. The summed E-state index contributed by atoms with van der Waals surface area (Å²) in [7, 11) is 3.89. The van der Waals surface area contributed by atoms with Gasteiger partial charge in [-0.1, -0.05) is 6.07 Å². The van der Waals surface area contributed by atoms with Crippen LogP contribution in [-0.2, 0) is 11.2 Å². The number of carbonyl (C=O) groups excluding carboxylic acids is 1. The normalized spacial score (nSPS) is 21.6. The smallest absolute Gasteiger partial charge is 0.228 e. The minimum atomic E-state index is -0.812. The van der Waals surface area contributed by atoms with Crippen LogP contribution >= 0.6 is 0 Å². The van der Waals surface area contributed by atoms with Gasteiger partial charge in [0.15, 0.2) is 0 Å². The number of imidazole rings is 1. The number of amides is 1. The lowest BCUT2D eigenvalue weighted by molar-refractivity contribution is -0.138. The first-order chi connectivity index (χ1) is 11.4. The van der Waals surface area contributed by atoms with Crippen molar-refractivity contribution in [3.8, 4) is 0 Å². The second-order valence-corrected chi connectivity index (χ2v) is 7.19. The number of carbonyl (C=O) groups is 1. The van der Waals surface area contributed by atoms with Gasteiger partial charge in [0, 0.05) is 25.5 Å². The van der Waals surface area contributed by atoms with E-state index in [0.717, 1.165) is 29.7 Å². The van der Waals surface area contributed by atoms with Crippen LogP contribution in [0.1, 0.15) is 24.1 Å². The Balaban J connectivity index is 1.73. The van der Waals surface area contributed by atoms with Crippen LogP contribution in [-0.4, -0.2) is 69.5 Å². The summed E-state index contributed by atoms with van der Waals surface area (Å²) >= 11 is 0. The fourth-order valence-corrected chi connectivity index (χ4v) is 3.64. The van der Waals surface area contributed by atoms with Gasteiger partial charge in [-0.3, -0.25) is 4.79 Å². The van der Waals surface area contributed by atoms with E-state index in [1.807, 2.05) is 48.6 Å². The number of hydrogen-bond donors (Lipinski definition) is 1. The summed E-state index contributed by atoms with van der Waals surface area (Å²) < 4.78 is 1.98. The topological polar surface area (TPSA) is 61.1 Å². The van der Waals surface area contributed by atoms with Crippen LogP contribution in [0.2, 0.25) is 0 Å². The highest BCUT2D eigenvalue weighted by atomic mass is 16.3. The van der Waals surface area contributed by atoms with E-state index in [1.165, 1.54) is 0 Å². The molecule has 6 nitrogen and oxygen atoms in total. The van der Waals surface area contributed by atoms with Crippen LogP contribution in [0.4, 0.5) is 0 Å². The number of piperidine rings is 1. The predicted octanol–water partition coefficient (Wildman–Crippen LogP) is 1.10. The van der Waals surface area contributed by atoms with Crippen LogP contribution in [0, 0.1) is 6.92 Å². The number of aliphatic hydroxyl groups is 1. The Labute approximate surface area is 142 Å². The number of fused-ring (bicyclic) bond motifs is 1. The Bertz CT molecular complexity index is 740. The number of pyridine rings is 1. The van der Waals surface area contributed by atoms with Crippen LogP contribution in [0.5, 0.6) is 0 Å². The van der Waals surface area contributed by atoms with Gasteiger partial charge in [-0.05, 0) is 45.5 Å². The number of rotatable bonds is 4. The molecule has 1 aliphatic rings. The van der Waals surface area contributed by atoms with Gasteiger partial charge in [0.2, 0.25) is 5.91 Å². The highest BCUT2D eigenvalue weighted by Crippen LogP contribution is 2.23. The van der Waals surface area contributed by atoms with Gasteiger partial charge < -0.3 is 19.3 Å². The number of aromatic nitrogens is 2. The summed E-state index contributed by atoms with van der Waals surface area (Å²) in [5.41, 5.74) is 2.06. The van der Waals surface area contributed by atoms with Gasteiger partial charge >= 0.3 is 0 Å². The van der Waals surface area contributed by atoms with E-state index in [4.69, 9.17) is 0 Å². The van der Waals surface area contributed by atoms with E-state index in [2.05, 4.69) is 4.98 Å². The van der Waals surface area contributed by atoms with Gasteiger partial charge in [0.25, 0.3) is 0 Å². The molecule has 0 spiro atoms. The standard InChI is InChI=1S/C18H26N4O2/c1-14-6-4-9-22-15(11-19-17(14)22)10-16(23)21-8-5-7-18(24,13-21)12-20(2)3/h4,6,9,11,24H,5,7-8,10,12-13H2,1-3H3/t18-/m0/s1. The monoisotopic (exact) mass is 330 g/mol. The molecule has 2 aromatic heterocycles. The zero-order valence-electron chi connectivity index (χ0n) is 14.7. The molecular formula is C18H26N4O2. The maximum Gasteiger partial charge on any atom is 0.228 e. The lowest BCUT2D eigenvalue weighted by atomic mass is 9.92. The molecule has 3 heterocycles. The Morgan fingerprint density at radius 1 is 1.46 bits per heavy atom. The maximum absolute atomic E-state index is 12.7. The summed E-state index contributed by atoms with van der Waals surface area (Å²) in [4.78, 5) is 20.9. The van der Waals surface area contributed by atoms with Gasteiger partial charge in [-0.25, -0.2) is 4.98 Å². The molecule has 1 saturated heterocycles. The minimum absolute atomic E-state index is 0.0511. The maximum atomic E-state index is 12.7. The Morgan fingerprint density at radius 2 is 2.25 bits per heavy atom. The molecule has 0 saturated carbocycles. The highest BCUT2D eigenvalue weighted by Gasteiger charge is 2.35. The minimum Gasteiger partial charge on any atom is -0.387 e. The number of nitrogens with zero attached hydrogens (tertiary/aromatic N) is 4. The zero-order chi connectivity index (χ0) is 17.3. The largest absolute Gasteiger partial charge is 0.387 e. The lowest BCUT2D eigenvalue weighted by Crippen LogP contribution is -2.55. The van der Waals surface area contributed by atoms with Gasteiger partial charge in [0.05, 0.1) is 24.3 Å². The average molecular weight is 330 g/mol. The Kier molecular flexibility index (Phi) is 4.60. The fourth-order valence-electron chi connectivity index (χ4n) is 3.64. The van der Waals surface area contributed by atoms with E-state index in [0.29, 0.717) is 26.1 Å². The quantitative estimate of drug-likeness (QED) is 0.912. The van der Waals surface area contributed by atoms with Crippen molar-refractivity contribution in [1.82, 2.24) is 19.2 Å². The molecule has 3 rings (SSSR count). The summed E-state index contributed by atoms with van der Waals surface area (Å²) in [6.07, 6.45) is 5.60. The molecule has 0 aliphatic carbocycles. The second kappa shape index (κ2) is 6.53. The van der Waals surface area contributed by atoms with E-state index in [1.54, 1.807) is 11.1 Å². The molecule has 6 heteroatoms. The van der Waals surface area contributed by atoms with Crippen molar-refractivity contribution in [2.75, 3.05) is 33.7 Å². The number of hydrogen-bond acceptors (Lipinski definition) is 4.